The van der Waals surface area contributed by atoms with Crippen LogP contribution in [0.2, 0.25) is 5.02 Å². The zero-order chi connectivity index (χ0) is 27.1. The summed E-state index contributed by atoms with van der Waals surface area (Å²) in [5, 5.41) is 0.614. The van der Waals surface area contributed by atoms with E-state index in [-0.39, 0.29) is 17.7 Å². The fourth-order valence-electron chi connectivity index (χ4n) is 5.82. The number of hydrogen-bond donors (Lipinski definition) is 0. The number of benzene rings is 2. The first-order chi connectivity index (χ1) is 18.2. The summed E-state index contributed by atoms with van der Waals surface area (Å²) in [5.74, 6) is 1.06. The normalized spacial score (nSPS) is 20.9. The molecule has 2 heterocycles. The van der Waals surface area contributed by atoms with Gasteiger partial charge in [-0.2, -0.15) is 0 Å². The Balaban J connectivity index is 1.47. The number of carbonyl (C=O) groups is 2. The molecule has 4 rings (SSSR count). The van der Waals surface area contributed by atoms with Gasteiger partial charge in [0.15, 0.2) is 0 Å². The van der Waals surface area contributed by atoms with Crippen LogP contribution in [0.1, 0.15) is 51.5 Å². The molecule has 38 heavy (non-hydrogen) atoms. The fraction of sp³-hybridized carbons (Fsp3) is 0.548. The molecule has 0 bridgehead atoms. The molecule has 2 aliphatic rings. The first kappa shape index (κ1) is 28.4. The second kappa shape index (κ2) is 13.0. The molecule has 0 spiro atoms. The van der Waals surface area contributed by atoms with E-state index < -0.39 is 5.41 Å². The first-order valence-corrected chi connectivity index (χ1v) is 14.3. The highest BCUT2D eigenvalue weighted by atomic mass is 35.5. The highest BCUT2D eigenvalue weighted by Gasteiger charge is 2.42. The van der Waals surface area contributed by atoms with E-state index in [1.54, 1.807) is 11.0 Å². The minimum atomic E-state index is -0.448. The van der Waals surface area contributed by atoms with Gasteiger partial charge in [-0.05, 0) is 76.4 Å². The van der Waals surface area contributed by atoms with Crippen molar-refractivity contribution in [1.29, 1.82) is 0 Å². The number of rotatable bonds is 9. The minimum Gasteiger partial charge on any atom is -0.493 e. The van der Waals surface area contributed by atoms with Crippen molar-refractivity contribution in [2.24, 2.45) is 11.3 Å². The number of nitrogens with zero attached hydrogens (tertiary/aromatic N) is 3. The van der Waals surface area contributed by atoms with E-state index in [1.165, 1.54) is 0 Å². The van der Waals surface area contributed by atoms with Crippen molar-refractivity contribution < 1.29 is 14.3 Å². The van der Waals surface area contributed by atoms with Crippen LogP contribution in [0.15, 0.2) is 54.6 Å². The first-order valence-electron chi connectivity index (χ1n) is 13.9. The van der Waals surface area contributed by atoms with Crippen molar-refractivity contribution in [3.05, 3.63) is 65.2 Å². The van der Waals surface area contributed by atoms with Crippen molar-refractivity contribution in [2.75, 3.05) is 39.8 Å². The van der Waals surface area contributed by atoms with E-state index in [1.807, 2.05) is 60.5 Å². The quantitative estimate of drug-likeness (QED) is 0.422. The summed E-state index contributed by atoms with van der Waals surface area (Å²) in [6.07, 6.45) is 3.85. The summed E-state index contributed by atoms with van der Waals surface area (Å²) in [7, 11) is 1.86. The Labute approximate surface area is 232 Å². The lowest BCUT2D eigenvalue weighted by atomic mass is 9.76. The monoisotopic (exact) mass is 539 g/mol. The molecule has 0 aromatic heterocycles. The largest absolute Gasteiger partial charge is 0.493 e. The molecule has 2 aromatic rings. The lowest BCUT2D eigenvalue weighted by Gasteiger charge is -2.44. The lowest BCUT2D eigenvalue weighted by Crippen LogP contribution is -2.53. The number of halogens is 1. The van der Waals surface area contributed by atoms with Gasteiger partial charge < -0.3 is 19.4 Å². The number of hydrogen-bond acceptors (Lipinski definition) is 4. The molecular weight excluding hydrogens is 498 g/mol. The average Bonchev–Trinajstić information content (AvgIpc) is 2.92. The molecule has 0 saturated carbocycles. The molecule has 2 saturated heterocycles. The zero-order valence-corrected chi connectivity index (χ0v) is 23.8. The Hall–Kier alpha value is -2.57. The van der Waals surface area contributed by atoms with Crippen LogP contribution in [0.4, 0.5) is 0 Å². The van der Waals surface area contributed by atoms with E-state index in [4.69, 9.17) is 16.3 Å². The molecule has 1 unspecified atom stereocenters. The predicted molar refractivity (Wildman–Crippen MR) is 152 cm³/mol. The maximum absolute atomic E-state index is 13.7. The van der Waals surface area contributed by atoms with Gasteiger partial charge in [0.25, 0.3) is 0 Å². The van der Waals surface area contributed by atoms with Gasteiger partial charge in [-0.1, -0.05) is 48.0 Å². The number of likely N-dealkylation sites (tertiary alicyclic amines) is 2. The van der Waals surface area contributed by atoms with Gasteiger partial charge in [0.2, 0.25) is 11.8 Å². The smallest absolute Gasteiger partial charge is 0.225 e. The molecule has 206 valence electrons. The fourth-order valence-corrected chi connectivity index (χ4v) is 6.00. The van der Waals surface area contributed by atoms with Gasteiger partial charge in [0.05, 0.1) is 6.61 Å². The molecule has 1 atom stereocenters. The van der Waals surface area contributed by atoms with E-state index in [0.717, 1.165) is 50.9 Å². The van der Waals surface area contributed by atoms with E-state index in [0.29, 0.717) is 42.9 Å². The SMILES string of the molecule is CC(C)N1CCC(C(=O)N2CCCC(COc3cccc(Cl)c3)(CC(=O)N(C)Cc3ccccc3)C2)CC1. The number of piperidine rings is 2. The van der Waals surface area contributed by atoms with E-state index in [2.05, 4.69) is 18.7 Å². The van der Waals surface area contributed by atoms with Gasteiger partial charge in [-0.15, -0.1) is 0 Å². The second-order valence-electron chi connectivity index (χ2n) is 11.4. The van der Waals surface area contributed by atoms with Crippen molar-refractivity contribution in [3.63, 3.8) is 0 Å². The Bertz CT molecular complexity index is 1070. The maximum Gasteiger partial charge on any atom is 0.225 e. The molecule has 2 aromatic carbocycles. The average molecular weight is 540 g/mol. The van der Waals surface area contributed by atoms with Crippen molar-refractivity contribution in [2.45, 2.75) is 58.5 Å². The topological polar surface area (TPSA) is 53.1 Å². The van der Waals surface area contributed by atoms with Crippen LogP contribution < -0.4 is 4.74 Å². The molecule has 0 N–H and O–H groups in total. The van der Waals surface area contributed by atoms with Crippen LogP contribution in [0, 0.1) is 11.3 Å². The summed E-state index contributed by atoms with van der Waals surface area (Å²) < 4.78 is 6.24. The van der Waals surface area contributed by atoms with Crippen LogP contribution in [0.25, 0.3) is 0 Å². The molecule has 2 fully saturated rings. The summed E-state index contributed by atoms with van der Waals surface area (Å²) in [4.78, 5) is 33.4. The third kappa shape index (κ3) is 7.51. The Morgan fingerprint density at radius 1 is 1.08 bits per heavy atom. The third-order valence-corrected chi connectivity index (χ3v) is 8.37. The summed E-state index contributed by atoms with van der Waals surface area (Å²) in [6, 6.07) is 17.9. The summed E-state index contributed by atoms with van der Waals surface area (Å²) in [6.45, 7) is 8.58. The summed E-state index contributed by atoms with van der Waals surface area (Å²) in [5.41, 5.74) is 0.650. The Morgan fingerprint density at radius 2 is 1.82 bits per heavy atom. The molecule has 0 radical (unpaired) electrons. The maximum atomic E-state index is 13.7. The standard InChI is InChI=1S/C31H42ClN3O3/c1-24(2)34-17-13-26(14-18-34)30(37)35-16-8-15-31(22-35,23-38-28-12-7-11-27(32)19-28)20-29(36)33(3)21-25-9-5-4-6-10-25/h4-7,9-12,19,24,26H,8,13-18,20-23H2,1-3H3. The molecule has 7 heteroatoms. The number of ether oxygens (including phenoxy) is 1. The molecular formula is C31H42ClN3O3. The lowest BCUT2D eigenvalue weighted by molar-refractivity contribution is -0.145. The van der Waals surface area contributed by atoms with Gasteiger partial charge in [0, 0.05) is 55.5 Å². The van der Waals surface area contributed by atoms with Crippen LogP contribution in [0.3, 0.4) is 0 Å². The summed E-state index contributed by atoms with van der Waals surface area (Å²) >= 11 is 6.19. The van der Waals surface area contributed by atoms with Crippen molar-refractivity contribution in [1.82, 2.24) is 14.7 Å². The van der Waals surface area contributed by atoms with Crippen LogP contribution in [-0.4, -0.2) is 72.4 Å². The highest BCUT2D eigenvalue weighted by molar-refractivity contribution is 6.30. The van der Waals surface area contributed by atoms with E-state index >= 15 is 0 Å². The van der Waals surface area contributed by atoms with Gasteiger partial charge in [0.1, 0.15) is 5.75 Å². The van der Waals surface area contributed by atoms with Crippen molar-refractivity contribution >= 4 is 23.4 Å². The van der Waals surface area contributed by atoms with Gasteiger partial charge in [-0.25, -0.2) is 0 Å². The zero-order valence-electron chi connectivity index (χ0n) is 23.1. The predicted octanol–water partition coefficient (Wildman–Crippen LogP) is 5.50. The minimum absolute atomic E-state index is 0.0612. The molecule has 2 aliphatic heterocycles. The van der Waals surface area contributed by atoms with Gasteiger partial charge in [-0.3, -0.25) is 9.59 Å². The molecule has 6 nitrogen and oxygen atoms in total. The molecule has 2 amide bonds. The van der Waals surface area contributed by atoms with Crippen LogP contribution in [-0.2, 0) is 16.1 Å². The number of amides is 2. The Morgan fingerprint density at radius 3 is 2.50 bits per heavy atom. The van der Waals surface area contributed by atoms with Gasteiger partial charge >= 0.3 is 0 Å². The second-order valence-corrected chi connectivity index (χ2v) is 11.9. The van der Waals surface area contributed by atoms with Crippen LogP contribution in [0.5, 0.6) is 5.75 Å². The highest BCUT2D eigenvalue weighted by Crippen LogP contribution is 2.37. The van der Waals surface area contributed by atoms with E-state index in [9.17, 15) is 9.59 Å². The molecule has 0 aliphatic carbocycles. The Kier molecular flexibility index (Phi) is 9.72. The third-order valence-electron chi connectivity index (χ3n) is 8.14. The number of carbonyl (C=O) groups excluding carboxylic acids is 2. The van der Waals surface area contributed by atoms with Crippen molar-refractivity contribution in [3.8, 4) is 5.75 Å². The van der Waals surface area contributed by atoms with Crippen LogP contribution >= 0.6 is 11.6 Å².